The fourth-order valence-corrected chi connectivity index (χ4v) is 2.97. The maximum absolute atomic E-state index is 12.8. The molecule has 6 heteroatoms. The average Bonchev–Trinajstić information content (AvgIpc) is 2.67. The molecular formula is C23H34N4O2. The molecule has 0 saturated heterocycles. The fraction of sp³-hybridized carbons (Fsp3) is 0.478. The Morgan fingerprint density at radius 2 is 2.00 bits per heavy atom. The zero-order valence-corrected chi connectivity index (χ0v) is 18.5. The molecule has 0 aliphatic heterocycles. The molecule has 29 heavy (non-hydrogen) atoms. The number of pyridine rings is 1. The summed E-state index contributed by atoms with van der Waals surface area (Å²) < 4.78 is 5.95. The molecule has 2 amide bonds. The van der Waals surface area contributed by atoms with E-state index in [9.17, 15) is 4.79 Å². The molecule has 2 aromatic rings. The molecule has 0 aliphatic carbocycles. The Labute approximate surface area is 174 Å². The summed E-state index contributed by atoms with van der Waals surface area (Å²) in [5.74, 6) is 0.675. The van der Waals surface area contributed by atoms with Crippen molar-refractivity contribution in [2.24, 2.45) is 5.41 Å². The number of benzene rings is 1. The van der Waals surface area contributed by atoms with Crippen LogP contribution in [0.5, 0.6) is 5.75 Å². The van der Waals surface area contributed by atoms with Crippen molar-refractivity contribution in [1.82, 2.24) is 10.3 Å². The Morgan fingerprint density at radius 1 is 1.24 bits per heavy atom. The minimum absolute atomic E-state index is 0.171. The van der Waals surface area contributed by atoms with E-state index >= 15 is 0 Å². The molecule has 6 nitrogen and oxygen atoms in total. The van der Waals surface area contributed by atoms with Crippen molar-refractivity contribution in [2.75, 3.05) is 30.9 Å². The first-order valence-corrected chi connectivity index (χ1v) is 10.1. The van der Waals surface area contributed by atoms with Gasteiger partial charge in [-0.05, 0) is 35.6 Å². The number of anilines is 2. The van der Waals surface area contributed by atoms with E-state index in [0.29, 0.717) is 18.0 Å². The molecule has 0 bridgehead atoms. The third-order valence-corrected chi connectivity index (χ3v) is 4.64. The summed E-state index contributed by atoms with van der Waals surface area (Å²) in [5, 5.41) is 6.06. The maximum Gasteiger partial charge on any atom is 0.319 e. The molecule has 1 aromatic carbocycles. The van der Waals surface area contributed by atoms with E-state index in [1.165, 1.54) is 0 Å². The fourth-order valence-electron chi connectivity index (χ4n) is 2.97. The van der Waals surface area contributed by atoms with Gasteiger partial charge in [0.05, 0.1) is 18.3 Å². The van der Waals surface area contributed by atoms with Gasteiger partial charge in [-0.2, -0.15) is 0 Å². The lowest BCUT2D eigenvalue weighted by Crippen LogP contribution is -2.39. The predicted octanol–water partition coefficient (Wildman–Crippen LogP) is 5.24. The molecule has 0 aliphatic rings. The number of amides is 2. The van der Waals surface area contributed by atoms with Crippen LogP contribution >= 0.6 is 0 Å². The molecule has 1 aromatic heterocycles. The number of hydrogen-bond acceptors (Lipinski definition) is 4. The number of urea groups is 1. The van der Waals surface area contributed by atoms with Gasteiger partial charge >= 0.3 is 6.03 Å². The SMILES string of the molecule is CCCCOc1cc(N(C)C)ccc1NC(=O)NC(c1cccnc1)C(C)(C)C. The Kier molecular flexibility index (Phi) is 7.88. The summed E-state index contributed by atoms with van der Waals surface area (Å²) >= 11 is 0. The van der Waals surface area contributed by atoms with Gasteiger partial charge in [0, 0.05) is 38.2 Å². The summed E-state index contributed by atoms with van der Waals surface area (Å²) in [7, 11) is 3.96. The summed E-state index contributed by atoms with van der Waals surface area (Å²) in [6.45, 7) is 9.02. The van der Waals surface area contributed by atoms with Crippen LogP contribution in [0.15, 0.2) is 42.7 Å². The minimum Gasteiger partial charge on any atom is -0.491 e. The number of nitrogens with one attached hydrogen (secondary N) is 2. The zero-order valence-electron chi connectivity index (χ0n) is 18.5. The van der Waals surface area contributed by atoms with Crippen molar-refractivity contribution in [3.63, 3.8) is 0 Å². The van der Waals surface area contributed by atoms with Crippen LogP contribution in [0.3, 0.4) is 0 Å². The highest BCUT2D eigenvalue weighted by Crippen LogP contribution is 2.33. The molecule has 0 spiro atoms. The molecule has 0 radical (unpaired) electrons. The minimum atomic E-state index is -0.272. The molecule has 2 rings (SSSR count). The molecule has 158 valence electrons. The van der Waals surface area contributed by atoms with Crippen molar-refractivity contribution in [3.8, 4) is 5.75 Å². The summed E-state index contributed by atoms with van der Waals surface area (Å²) in [6, 6.07) is 9.21. The van der Waals surface area contributed by atoms with Gasteiger partial charge in [0.15, 0.2) is 0 Å². The summed E-state index contributed by atoms with van der Waals surface area (Å²) in [5.41, 5.74) is 2.47. The van der Waals surface area contributed by atoms with Gasteiger partial charge in [-0.3, -0.25) is 4.98 Å². The highest BCUT2D eigenvalue weighted by molar-refractivity contribution is 5.91. The molecule has 1 heterocycles. The van der Waals surface area contributed by atoms with Gasteiger partial charge in [0.2, 0.25) is 0 Å². The summed E-state index contributed by atoms with van der Waals surface area (Å²) in [4.78, 5) is 19.0. The van der Waals surface area contributed by atoms with Gasteiger partial charge in [-0.1, -0.05) is 40.2 Å². The van der Waals surface area contributed by atoms with Crippen LogP contribution < -0.4 is 20.3 Å². The second-order valence-corrected chi connectivity index (χ2v) is 8.46. The second kappa shape index (κ2) is 10.1. The van der Waals surface area contributed by atoms with E-state index in [-0.39, 0.29) is 17.5 Å². The van der Waals surface area contributed by atoms with Crippen LogP contribution in [0.2, 0.25) is 0 Å². The molecule has 0 fully saturated rings. The number of nitrogens with zero attached hydrogens (tertiary/aromatic N) is 2. The number of rotatable bonds is 8. The van der Waals surface area contributed by atoms with E-state index in [2.05, 4.69) is 43.3 Å². The van der Waals surface area contributed by atoms with E-state index in [1.54, 1.807) is 12.4 Å². The molecule has 1 unspecified atom stereocenters. The third kappa shape index (κ3) is 6.66. The Bertz CT molecular complexity index is 785. The normalized spacial score (nSPS) is 12.2. The van der Waals surface area contributed by atoms with Crippen molar-refractivity contribution in [3.05, 3.63) is 48.3 Å². The predicted molar refractivity (Wildman–Crippen MR) is 120 cm³/mol. The molecule has 1 atom stereocenters. The quantitative estimate of drug-likeness (QED) is 0.597. The number of carbonyl (C=O) groups is 1. The monoisotopic (exact) mass is 398 g/mol. The van der Waals surface area contributed by atoms with Crippen molar-refractivity contribution >= 4 is 17.4 Å². The van der Waals surface area contributed by atoms with Gasteiger partial charge < -0.3 is 20.3 Å². The van der Waals surface area contributed by atoms with Gasteiger partial charge in [0.1, 0.15) is 5.75 Å². The number of hydrogen-bond donors (Lipinski definition) is 2. The lowest BCUT2D eigenvalue weighted by Gasteiger charge is -2.31. The highest BCUT2D eigenvalue weighted by Gasteiger charge is 2.28. The number of unbranched alkanes of at least 4 members (excludes halogenated alkanes) is 1. The largest absolute Gasteiger partial charge is 0.491 e. The zero-order chi connectivity index (χ0) is 21.4. The van der Waals surface area contributed by atoms with E-state index < -0.39 is 0 Å². The standard InChI is InChI=1S/C23H34N4O2/c1-7-8-14-29-20-15-18(27(5)6)11-12-19(20)25-22(28)26-21(23(2,3)4)17-10-9-13-24-16-17/h9-13,15-16,21H,7-8,14H2,1-6H3,(H2,25,26,28). The lowest BCUT2D eigenvalue weighted by molar-refractivity contribution is 0.229. The Morgan fingerprint density at radius 3 is 2.59 bits per heavy atom. The number of carbonyl (C=O) groups excluding carboxylic acids is 1. The van der Waals surface area contributed by atoms with Gasteiger partial charge in [0.25, 0.3) is 0 Å². The van der Waals surface area contributed by atoms with Crippen LogP contribution in [0.1, 0.15) is 52.1 Å². The number of ether oxygens (including phenoxy) is 1. The van der Waals surface area contributed by atoms with Crippen LogP contribution in [0.25, 0.3) is 0 Å². The molecular weight excluding hydrogens is 364 g/mol. The summed E-state index contributed by atoms with van der Waals surface area (Å²) in [6.07, 6.45) is 5.54. The topological polar surface area (TPSA) is 66.5 Å². The lowest BCUT2D eigenvalue weighted by atomic mass is 9.83. The average molecular weight is 399 g/mol. The Balaban J connectivity index is 2.19. The van der Waals surface area contributed by atoms with Crippen LogP contribution in [0, 0.1) is 5.41 Å². The van der Waals surface area contributed by atoms with Crippen LogP contribution in [-0.4, -0.2) is 31.7 Å². The van der Waals surface area contributed by atoms with Crippen LogP contribution in [0.4, 0.5) is 16.2 Å². The second-order valence-electron chi connectivity index (χ2n) is 8.46. The first-order chi connectivity index (χ1) is 13.7. The van der Waals surface area contributed by atoms with E-state index in [0.717, 1.165) is 24.1 Å². The van der Waals surface area contributed by atoms with Crippen LogP contribution in [-0.2, 0) is 0 Å². The maximum atomic E-state index is 12.8. The van der Waals surface area contributed by atoms with Gasteiger partial charge in [-0.15, -0.1) is 0 Å². The first-order valence-electron chi connectivity index (χ1n) is 10.1. The van der Waals surface area contributed by atoms with E-state index in [1.807, 2.05) is 49.3 Å². The Hall–Kier alpha value is -2.76. The third-order valence-electron chi connectivity index (χ3n) is 4.64. The highest BCUT2D eigenvalue weighted by atomic mass is 16.5. The number of aromatic nitrogens is 1. The van der Waals surface area contributed by atoms with E-state index in [4.69, 9.17) is 4.74 Å². The van der Waals surface area contributed by atoms with Crippen molar-refractivity contribution < 1.29 is 9.53 Å². The smallest absolute Gasteiger partial charge is 0.319 e. The molecule has 2 N–H and O–H groups in total. The van der Waals surface area contributed by atoms with Gasteiger partial charge in [-0.25, -0.2) is 4.79 Å². The first kappa shape index (κ1) is 22.5. The molecule has 0 saturated carbocycles. The van der Waals surface area contributed by atoms with Crippen molar-refractivity contribution in [2.45, 2.75) is 46.6 Å². The van der Waals surface area contributed by atoms with Crippen molar-refractivity contribution in [1.29, 1.82) is 0 Å².